The molecule has 2 aromatic rings. The zero-order valence-corrected chi connectivity index (χ0v) is 12.0. The lowest BCUT2D eigenvalue weighted by Crippen LogP contribution is -2.03. The van der Waals surface area contributed by atoms with Gasteiger partial charge in [0.25, 0.3) is 0 Å². The summed E-state index contributed by atoms with van der Waals surface area (Å²) >= 11 is 13.7. The maximum Gasteiger partial charge on any atom is 0.0542 e. The maximum absolute atomic E-state index is 6.09. The van der Waals surface area contributed by atoms with Crippen LogP contribution in [0.4, 0.5) is 5.69 Å². The number of benzene rings is 2. The second-order valence-corrected chi connectivity index (χ2v) is 5.70. The molecule has 0 aliphatic rings. The van der Waals surface area contributed by atoms with Crippen molar-refractivity contribution in [2.75, 3.05) is 17.6 Å². The molecule has 2 aromatic carbocycles. The highest BCUT2D eigenvalue weighted by atomic mass is 35.5. The molecule has 0 bridgehead atoms. The molecule has 0 aromatic heterocycles. The predicted octanol–water partition coefficient (Wildman–Crippen LogP) is 5.20. The van der Waals surface area contributed by atoms with Gasteiger partial charge in [0.2, 0.25) is 0 Å². The standard InChI is InChI=1S/C14H13Cl2NS/c15-11-6-7-13(16)14(10-11)18-9-8-17-12-4-2-1-3-5-12/h1-7,10,17H,8-9H2. The van der Waals surface area contributed by atoms with Gasteiger partial charge in [-0.25, -0.2) is 0 Å². The van der Waals surface area contributed by atoms with Gasteiger partial charge in [0.15, 0.2) is 0 Å². The molecule has 1 nitrogen and oxygen atoms in total. The summed E-state index contributed by atoms with van der Waals surface area (Å²) in [7, 11) is 0. The lowest BCUT2D eigenvalue weighted by Gasteiger charge is -2.07. The lowest BCUT2D eigenvalue weighted by molar-refractivity contribution is 1.22. The number of anilines is 1. The first-order chi connectivity index (χ1) is 8.75. The fraction of sp³-hybridized carbons (Fsp3) is 0.143. The molecular weight excluding hydrogens is 285 g/mol. The van der Waals surface area contributed by atoms with Gasteiger partial charge in [0.05, 0.1) is 5.02 Å². The first kappa shape index (κ1) is 13.6. The van der Waals surface area contributed by atoms with Gasteiger partial charge in [-0.1, -0.05) is 41.4 Å². The highest BCUT2D eigenvalue weighted by Gasteiger charge is 2.01. The van der Waals surface area contributed by atoms with Crippen molar-refractivity contribution < 1.29 is 0 Å². The molecule has 0 unspecified atom stereocenters. The van der Waals surface area contributed by atoms with E-state index in [1.54, 1.807) is 17.8 Å². The fourth-order valence-electron chi connectivity index (χ4n) is 1.50. The van der Waals surface area contributed by atoms with E-state index in [1.807, 2.05) is 30.3 Å². The quantitative estimate of drug-likeness (QED) is 0.601. The zero-order valence-electron chi connectivity index (χ0n) is 9.70. The van der Waals surface area contributed by atoms with E-state index in [0.717, 1.165) is 32.9 Å². The molecule has 0 aliphatic carbocycles. The van der Waals surface area contributed by atoms with E-state index in [2.05, 4.69) is 17.4 Å². The minimum absolute atomic E-state index is 0.720. The van der Waals surface area contributed by atoms with E-state index in [9.17, 15) is 0 Å². The second-order valence-electron chi connectivity index (χ2n) is 3.72. The number of hydrogen-bond donors (Lipinski definition) is 1. The van der Waals surface area contributed by atoms with Crippen LogP contribution in [-0.4, -0.2) is 12.3 Å². The smallest absolute Gasteiger partial charge is 0.0542 e. The van der Waals surface area contributed by atoms with Crippen LogP contribution >= 0.6 is 35.0 Å². The van der Waals surface area contributed by atoms with Gasteiger partial charge in [0, 0.05) is 27.9 Å². The summed E-state index contributed by atoms with van der Waals surface area (Å²) in [5.74, 6) is 0.939. The van der Waals surface area contributed by atoms with E-state index in [0.29, 0.717) is 0 Å². The van der Waals surface area contributed by atoms with Gasteiger partial charge in [-0.3, -0.25) is 0 Å². The number of thioether (sulfide) groups is 1. The molecule has 0 fully saturated rings. The van der Waals surface area contributed by atoms with Gasteiger partial charge >= 0.3 is 0 Å². The van der Waals surface area contributed by atoms with Crippen molar-refractivity contribution in [3.63, 3.8) is 0 Å². The Morgan fingerprint density at radius 2 is 1.78 bits per heavy atom. The number of hydrogen-bond acceptors (Lipinski definition) is 2. The van der Waals surface area contributed by atoms with Crippen LogP contribution in [0, 0.1) is 0 Å². The van der Waals surface area contributed by atoms with Crippen molar-refractivity contribution in [2.45, 2.75) is 4.90 Å². The molecule has 1 N–H and O–H groups in total. The van der Waals surface area contributed by atoms with Crippen LogP contribution in [-0.2, 0) is 0 Å². The van der Waals surface area contributed by atoms with Gasteiger partial charge in [-0.2, -0.15) is 0 Å². The third-order valence-corrected chi connectivity index (χ3v) is 4.09. The van der Waals surface area contributed by atoms with Gasteiger partial charge in [-0.05, 0) is 30.3 Å². The molecule has 94 valence electrons. The van der Waals surface area contributed by atoms with Gasteiger partial charge in [0.1, 0.15) is 0 Å². The van der Waals surface area contributed by atoms with Crippen molar-refractivity contribution in [1.82, 2.24) is 0 Å². The van der Waals surface area contributed by atoms with Crippen molar-refractivity contribution in [2.24, 2.45) is 0 Å². The summed E-state index contributed by atoms with van der Waals surface area (Å²) in [4.78, 5) is 1.03. The fourth-order valence-corrected chi connectivity index (χ4v) is 2.86. The molecule has 18 heavy (non-hydrogen) atoms. The summed E-state index contributed by atoms with van der Waals surface area (Å²) in [6.07, 6.45) is 0. The Kier molecular flexibility index (Phi) is 5.24. The van der Waals surface area contributed by atoms with E-state index >= 15 is 0 Å². The third kappa shape index (κ3) is 4.13. The van der Waals surface area contributed by atoms with Crippen molar-refractivity contribution in [3.05, 3.63) is 58.6 Å². The average molecular weight is 298 g/mol. The van der Waals surface area contributed by atoms with Crippen molar-refractivity contribution in [1.29, 1.82) is 0 Å². The van der Waals surface area contributed by atoms with E-state index in [-0.39, 0.29) is 0 Å². The molecule has 0 saturated carbocycles. The molecule has 0 saturated heterocycles. The molecule has 0 spiro atoms. The highest BCUT2D eigenvalue weighted by molar-refractivity contribution is 7.99. The molecule has 2 rings (SSSR count). The summed E-state index contributed by atoms with van der Waals surface area (Å²) in [5.41, 5.74) is 1.13. The Morgan fingerprint density at radius 3 is 2.56 bits per heavy atom. The molecule has 0 radical (unpaired) electrons. The van der Waals surface area contributed by atoms with Crippen LogP contribution < -0.4 is 5.32 Å². The topological polar surface area (TPSA) is 12.0 Å². The summed E-state index contributed by atoms with van der Waals surface area (Å²) in [6.45, 7) is 0.886. The minimum atomic E-state index is 0.720. The average Bonchev–Trinajstić information content (AvgIpc) is 2.40. The Labute approximate surface area is 121 Å². The Bertz CT molecular complexity index is 502. The molecule has 0 heterocycles. The predicted molar refractivity (Wildman–Crippen MR) is 82.1 cm³/mol. The number of halogens is 2. The van der Waals surface area contributed by atoms with Crippen LogP contribution in [0.15, 0.2) is 53.4 Å². The first-order valence-corrected chi connectivity index (χ1v) is 7.36. The normalized spacial score (nSPS) is 10.3. The first-order valence-electron chi connectivity index (χ1n) is 5.62. The van der Waals surface area contributed by atoms with Crippen LogP contribution in [0.1, 0.15) is 0 Å². The number of rotatable bonds is 5. The maximum atomic E-state index is 6.09. The number of nitrogens with one attached hydrogen (secondary N) is 1. The Balaban J connectivity index is 1.80. The van der Waals surface area contributed by atoms with E-state index in [4.69, 9.17) is 23.2 Å². The van der Waals surface area contributed by atoms with Gasteiger partial charge < -0.3 is 5.32 Å². The highest BCUT2D eigenvalue weighted by Crippen LogP contribution is 2.29. The van der Waals surface area contributed by atoms with E-state index < -0.39 is 0 Å². The van der Waals surface area contributed by atoms with Crippen LogP contribution in [0.2, 0.25) is 10.0 Å². The van der Waals surface area contributed by atoms with Crippen molar-refractivity contribution in [3.8, 4) is 0 Å². The molecule has 4 heteroatoms. The third-order valence-electron chi connectivity index (χ3n) is 2.36. The lowest BCUT2D eigenvalue weighted by atomic mass is 10.3. The monoisotopic (exact) mass is 297 g/mol. The molecule has 0 aliphatic heterocycles. The summed E-state index contributed by atoms with van der Waals surface area (Å²) in [5, 5.41) is 4.83. The van der Waals surface area contributed by atoms with E-state index in [1.165, 1.54) is 0 Å². The van der Waals surface area contributed by atoms with Crippen LogP contribution in [0.3, 0.4) is 0 Å². The summed E-state index contributed by atoms with van der Waals surface area (Å²) < 4.78 is 0. The SMILES string of the molecule is Clc1ccc(Cl)c(SCCNc2ccccc2)c1. The number of para-hydroxylation sites is 1. The minimum Gasteiger partial charge on any atom is -0.384 e. The van der Waals surface area contributed by atoms with Gasteiger partial charge in [-0.15, -0.1) is 11.8 Å². The van der Waals surface area contributed by atoms with Crippen molar-refractivity contribution >= 4 is 40.7 Å². The largest absolute Gasteiger partial charge is 0.384 e. The second kappa shape index (κ2) is 6.93. The molecule has 0 amide bonds. The summed E-state index contributed by atoms with van der Waals surface area (Å²) in [6, 6.07) is 15.7. The molecular formula is C14H13Cl2NS. The molecule has 0 atom stereocenters. The Morgan fingerprint density at radius 1 is 1.00 bits per heavy atom. The Hall–Kier alpha value is -0.830. The van der Waals surface area contributed by atoms with Crippen LogP contribution in [0.5, 0.6) is 0 Å². The zero-order chi connectivity index (χ0) is 12.8. The van der Waals surface area contributed by atoms with Crippen LogP contribution in [0.25, 0.3) is 0 Å².